The number of amides is 2. The number of anilines is 1. The van der Waals surface area contributed by atoms with Crippen molar-refractivity contribution in [2.45, 2.75) is 31.6 Å². The Hall–Kier alpha value is -2.31. The topological polar surface area (TPSA) is 70.6 Å². The number of thioether (sulfide) groups is 1. The van der Waals surface area contributed by atoms with Gasteiger partial charge in [0.2, 0.25) is 11.8 Å². The van der Waals surface area contributed by atoms with E-state index in [-0.39, 0.29) is 24.3 Å². The van der Waals surface area contributed by atoms with Crippen LogP contribution in [-0.4, -0.2) is 22.2 Å². The summed E-state index contributed by atoms with van der Waals surface area (Å²) in [5, 5.41) is 6.23. The van der Waals surface area contributed by atoms with Gasteiger partial charge in [-0.05, 0) is 37.1 Å². The fraction of sp³-hybridized carbons (Fsp3) is 0.250. The van der Waals surface area contributed by atoms with Gasteiger partial charge in [0, 0.05) is 17.1 Å². The second-order valence-electron chi connectivity index (χ2n) is 6.28. The number of nitrogens with zero attached hydrogens (tertiary/aromatic N) is 1. The van der Waals surface area contributed by atoms with Gasteiger partial charge in [-0.25, -0.2) is 0 Å². The highest BCUT2D eigenvalue weighted by Crippen LogP contribution is 2.27. The van der Waals surface area contributed by atoms with Gasteiger partial charge < -0.3 is 10.6 Å². The summed E-state index contributed by atoms with van der Waals surface area (Å²) in [5.41, 5.74) is 2.52. The monoisotopic (exact) mass is 401 g/mol. The Morgan fingerprint density at radius 2 is 2.00 bits per heavy atom. The molecule has 3 rings (SSSR count). The molecule has 27 heavy (non-hydrogen) atoms. The molecule has 2 aromatic carbocycles. The van der Waals surface area contributed by atoms with E-state index in [4.69, 9.17) is 11.6 Å². The van der Waals surface area contributed by atoms with Gasteiger partial charge in [0.25, 0.3) is 0 Å². The number of carbonyl (C=O) groups is 2. The molecule has 1 saturated heterocycles. The number of halogens is 1. The molecule has 2 atom stereocenters. The fourth-order valence-corrected chi connectivity index (χ4v) is 3.92. The lowest BCUT2D eigenvalue weighted by Crippen LogP contribution is -2.28. The number of rotatable bonds is 5. The van der Waals surface area contributed by atoms with Crippen LogP contribution in [0.2, 0.25) is 5.02 Å². The average Bonchev–Trinajstić information content (AvgIpc) is 2.98. The van der Waals surface area contributed by atoms with Gasteiger partial charge in [-0.1, -0.05) is 59.8 Å². The number of hydrogen-bond acceptors (Lipinski definition) is 4. The van der Waals surface area contributed by atoms with Gasteiger partial charge in [0.15, 0.2) is 5.17 Å². The van der Waals surface area contributed by atoms with Crippen molar-refractivity contribution in [2.75, 3.05) is 5.32 Å². The summed E-state index contributed by atoms with van der Waals surface area (Å²) < 4.78 is 0. The second kappa shape index (κ2) is 8.59. The summed E-state index contributed by atoms with van der Waals surface area (Å²) in [6, 6.07) is 15.1. The Labute approximate surface area is 167 Å². The lowest BCUT2D eigenvalue weighted by molar-refractivity contribution is -0.122. The summed E-state index contributed by atoms with van der Waals surface area (Å²) in [6.07, 6.45) is 0.0706. The maximum atomic E-state index is 12.3. The molecule has 1 heterocycles. The summed E-state index contributed by atoms with van der Waals surface area (Å²) >= 11 is 7.36. The maximum absolute atomic E-state index is 12.3. The molecule has 7 heteroatoms. The summed E-state index contributed by atoms with van der Waals surface area (Å²) in [4.78, 5) is 29.1. The molecule has 0 aromatic heterocycles. The Bertz CT molecular complexity index is 886. The van der Waals surface area contributed by atoms with Crippen LogP contribution in [0.1, 0.15) is 30.5 Å². The van der Waals surface area contributed by atoms with Crippen LogP contribution in [0.3, 0.4) is 0 Å². The molecule has 2 amide bonds. The van der Waals surface area contributed by atoms with E-state index >= 15 is 0 Å². The zero-order chi connectivity index (χ0) is 19.4. The number of benzene rings is 2. The first-order valence-electron chi connectivity index (χ1n) is 8.59. The largest absolute Gasteiger partial charge is 0.326 e. The summed E-state index contributed by atoms with van der Waals surface area (Å²) in [7, 11) is 0. The highest BCUT2D eigenvalue weighted by Gasteiger charge is 2.32. The molecular weight excluding hydrogens is 382 g/mol. The molecule has 0 unspecified atom stereocenters. The van der Waals surface area contributed by atoms with Crippen LogP contribution in [0.15, 0.2) is 53.5 Å². The predicted octanol–water partition coefficient (Wildman–Crippen LogP) is 4.33. The number of aliphatic imine (C=N–C) groups is 1. The van der Waals surface area contributed by atoms with Gasteiger partial charge >= 0.3 is 0 Å². The molecule has 0 spiro atoms. The standard InChI is InChI=1S/C20H20ClN3O2S/c1-12-15(21)9-6-10-16(12)23-18(25)11-17-19(26)24-20(27-17)22-13(2)14-7-4-3-5-8-14/h3-10,13,17H,11H2,1-2H3,(H,23,25)(H,22,24,26)/t13-,17-/m1/s1. The van der Waals surface area contributed by atoms with E-state index < -0.39 is 5.25 Å². The minimum absolute atomic E-state index is 0.0706. The van der Waals surface area contributed by atoms with Gasteiger partial charge in [-0.15, -0.1) is 0 Å². The van der Waals surface area contributed by atoms with E-state index in [0.717, 1.165) is 11.1 Å². The summed E-state index contributed by atoms with van der Waals surface area (Å²) in [6.45, 7) is 3.81. The molecule has 0 saturated carbocycles. The van der Waals surface area contributed by atoms with Crippen molar-refractivity contribution in [3.63, 3.8) is 0 Å². The molecule has 1 aliphatic rings. The number of carbonyl (C=O) groups excluding carboxylic acids is 2. The van der Waals surface area contributed by atoms with E-state index in [0.29, 0.717) is 15.9 Å². The van der Waals surface area contributed by atoms with Crippen molar-refractivity contribution < 1.29 is 9.59 Å². The van der Waals surface area contributed by atoms with Crippen molar-refractivity contribution in [3.05, 3.63) is 64.7 Å². The lowest BCUT2D eigenvalue weighted by Gasteiger charge is -2.10. The van der Waals surface area contributed by atoms with Crippen LogP contribution >= 0.6 is 23.4 Å². The highest BCUT2D eigenvalue weighted by atomic mass is 35.5. The number of nitrogens with one attached hydrogen (secondary N) is 2. The zero-order valence-corrected chi connectivity index (χ0v) is 16.6. The first kappa shape index (κ1) is 19.5. The van der Waals surface area contributed by atoms with Crippen molar-refractivity contribution >= 4 is 46.0 Å². The third-order valence-corrected chi connectivity index (χ3v) is 5.79. The average molecular weight is 402 g/mol. The second-order valence-corrected chi connectivity index (χ2v) is 7.88. The van der Waals surface area contributed by atoms with E-state index in [1.165, 1.54) is 11.8 Å². The third-order valence-electron chi connectivity index (χ3n) is 4.28. The first-order valence-corrected chi connectivity index (χ1v) is 9.85. The van der Waals surface area contributed by atoms with Crippen molar-refractivity contribution in [1.82, 2.24) is 5.32 Å². The normalized spacial score (nSPS) is 19.0. The predicted molar refractivity (Wildman–Crippen MR) is 111 cm³/mol. The van der Waals surface area contributed by atoms with Gasteiger partial charge in [-0.2, -0.15) is 0 Å². The van der Waals surface area contributed by atoms with E-state index in [1.54, 1.807) is 18.2 Å². The first-order chi connectivity index (χ1) is 12.9. The van der Waals surface area contributed by atoms with Gasteiger partial charge in [-0.3, -0.25) is 14.6 Å². The maximum Gasteiger partial charge on any atom is 0.240 e. The van der Waals surface area contributed by atoms with Crippen molar-refractivity contribution in [3.8, 4) is 0 Å². The molecule has 0 radical (unpaired) electrons. The van der Waals surface area contributed by atoms with E-state index in [2.05, 4.69) is 15.6 Å². The van der Waals surface area contributed by atoms with Crippen molar-refractivity contribution in [1.29, 1.82) is 0 Å². The number of amidine groups is 1. The van der Waals surface area contributed by atoms with E-state index in [9.17, 15) is 9.59 Å². The van der Waals surface area contributed by atoms with Crippen LogP contribution in [0, 0.1) is 6.92 Å². The molecular formula is C20H20ClN3O2S. The quantitative estimate of drug-likeness (QED) is 0.783. The van der Waals surface area contributed by atoms with Gasteiger partial charge in [0.05, 0.1) is 6.04 Å². The summed E-state index contributed by atoms with van der Waals surface area (Å²) in [5.74, 6) is -0.428. The molecule has 0 bridgehead atoms. The molecule has 140 valence electrons. The minimum Gasteiger partial charge on any atom is -0.326 e. The van der Waals surface area contributed by atoms with Crippen LogP contribution in [0.4, 0.5) is 5.69 Å². The molecule has 5 nitrogen and oxygen atoms in total. The van der Waals surface area contributed by atoms with Crippen LogP contribution in [0.25, 0.3) is 0 Å². The lowest BCUT2D eigenvalue weighted by atomic mass is 10.1. The van der Waals surface area contributed by atoms with E-state index in [1.807, 2.05) is 44.2 Å². The van der Waals surface area contributed by atoms with Crippen LogP contribution < -0.4 is 10.6 Å². The Balaban J connectivity index is 1.61. The molecule has 1 aliphatic heterocycles. The zero-order valence-electron chi connectivity index (χ0n) is 15.0. The molecule has 2 aromatic rings. The Morgan fingerprint density at radius 3 is 2.74 bits per heavy atom. The molecule has 2 N–H and O–H groups in total. The minimum atomic E-state index is -0.494. The highest BCUT2D eigenvalue weighted by molar-refractivity contribution is 8.15. The molecule has 1 fully saturated rings. The van der Waals surface area contributed by atoms with Crippen molar-refractivity contribution in [2.24, 2.45) is 4.99 Å². The fourth-order valence-electron chi connectivity index (χ4n) is 2.70. The SMILES string of the molecule is Cc1c(Cl)cccc1NC(=O)C[C@H]1SC(=N[C@H](C)c2ccccc2)NC1=O. The third kappa shape index (κ3) is 4.90. The van der Waals surface area contributed by atoms with Crippen LogP contribution in [-0.2, 0) is 9.59 Å². The number of hydrogen-bond donors (Lipinski definition) is 2. The molecule has 0 aliphatic carbocycles. The van der Waals surface area contributed by atoms with Crippen LogP contribution in [0.5, 0.6) is 0 Å². The van der Waals surface area contributed by atoms with Gasteiger partial charge in [0.1, 0.15) is 5.25 Å². The Kier molecular flexibility index (Phi) is 6.19. The Morgan fingerprint density at radius 1 is 1.26 bits per heavy atom. The smallest absolute Gasteiger partial charge is 0.240 e.